The third-order valence-corrected chi connectivity index (χ3v) is 1.20. The summed E-state index contributed by atoms with van der Waals surface area (Å²) in [5.41, 5.74) is 0. The van der Waals surface area contributed by atoms with Crippen molar-refractivity contribution in [2.45, 2.75) is 6.42 Å². The Hall–Kier alpha value is -0.650. The van der Waals surface area contributed by atoms with Crippen LogP contribution < -0.4 is 0 Å². The molecule has 0 heterocycles. The van der Waals surface area contributed by atoms with E-state index < -0.39 is 18.7 Å². The average Bonchev–Trinajstić information content (AvgIpc) is 2.01. The Labute approximate surface area is 64.2 Å². The maximum absolute atomic E-state index is 10.6. The zero-order valence-corrected chi connectivity index (χ0v) is 6.06. The van der Waals surface area contributed by atoms with E-state index in [1.54, 1.807) is 0 Å². The van der Waals surface area contributed by atoms with E-state index in [1.807, 2.05) is 0 Å². The predicted octanol–water partition coefficient (Wildman–Crippen LogP) is -1.53. The summed E-state index contributed by atoms with van der Waals surface area (Å²) < 4.78 is 4.17. The van der Waals surface area contributed by atoms with Crippen LogP contribution in [0.2, 0.25) is 0 Å². The van der Waals surface area contributed by atoms with E-state index in [0.29, 0.717) is 0 Å². The molecular weight excluding hydrogens is 152 g/mol. The summed E-state index contributed by atoms with van der Waals surface area (Å²) >= 11 is 0. The van der Waals surface area contributed by atoms with E-state index in [0.717, 1.165) is 0 Å². The number of rotatable bonds is 5. The predicted molar refractivity (Wildman–Crippen MR) is 35.5 cm³/mol. The Morgan fingerprint density at radius 3 is 2.18 bits per heavy atom. The molecule has 0 aliphatic rings. The van der Waals surface area contributed by atoms with E-state index in [4.69, 9.17) is 15.3 Å². The smallest absolute Gasteiger partial charge is 0.308 e. The van der Waals surface area contributed by atoms with Crippen LogP contribution in [0.25, 0.3) is 0 Å². The quantitative estimate of drug-likeness (QED) is 0.339. The molecule has 0 aliphatic carbocycles. The number of ether oxygens (including phenoxy) is 1. The number of carbonyl (C=O) groups excluding carboxylic acids is 1. The molecule has 5 heteroatoms. The van der Waals surface area contributed by atoms with Crippen LogP contribution in [0.15, 0.2) is 0 Å². The minimum atomic E-state index is -0.664. The highest BCUT2D eigenvalue weighted by atomic mass is 16.6. The first kappa shape index (κ1) is 10.3. The van der Waals surface area contributed by atoms with Crippen molar-refractivity contribution in [3.05, 3.63) is 0 Å². The molecule has 0 fully saturated rings. The average molecular weight is 164 g/mol. The van der Waals surface area contributed by atoms with Gasteiger partial charge in [0.05, 0.1) is 6.42 Å². The first-order valence-corrected chi connectivity index (χ1v) is 3.22. The van der Waals surface area contributed by atoms with Gasteiger partial charge in [0.25, 0.3) is 0 Å². The highest BCUT2D eigenvalue weighted by Gasteiger charge is 2.12. The van der Waals surface area contributed by atoms with Crippen LogP contribution in [0, 0.1) is 5.92 Å². The Balaban J connectivity index is 3.54. The van der Waals surface area contributed by atoms with Crippen LogP contribution in [0.1, 0.15) is 6.42 Å². The minimum Gasteiger partial charge on any atom is -0.439 e. The van der Waals surface area contributed by atoms with Gasteiger partial charge in [-0.1, -0.05) is 0 Å². The number of carbonyl (C=O) groups is 1. The van der Waals surface area contributed by atoms with Crippen molar-refractivity contribution in [2.75, 3.05) is 20.0 Å². The van der Waals surface area contributed by atoms with Crippen molar-refractivity contribution in [1.29, 1.82) is 0 Å². The highest BCUT2D eigenvalue weighted by Crippen LogP contribution is 2.01. The molecule has 5 nitrogen and oxygen atoms in total. The molecule has 0 atom stereocenters. The summed E-state index contributed by atoms with van der Waals surface area (Å²) in [4.78, 5) is 10.6. The molecule has 11 heavy (non-hydrogen) atoms. The van der Waals surface area contributed by atoms with Gasteiger partial charge < -0.3 is 20.1 Å². The van der Waals surface area contributed by atoms with Gasteiger partial charge in [0.15, 0.2) is 6.79 Å². The summed E-state index contributed by atoms with van der Waals surface area (Å²) in [5, 5.41) is 25.2. The fraction of sp³-hybridized carbons (Fsp3) is 0.833. The molecule has 0 rings (SSSR count). The number of aliphatic hydroxyl groups is 3. The molecule has 0 aromatic rings. The van der Waals surface area contributed by atoms with Gasteiger partial charge in [-0.2, -0.15) is 0 Å². The van der Waals surface area contributed by atoms with Crippen LogP contribution in [0.5, 0.6) is 0 Å². The van der Waals surface area contributed by atoms with E-state index in [-0.39, 0.29) is 19.6 Å². The molecule has 0 spiro atoms. The highest BCUT2D eigenvalue weighted by molar-refractivity contribution is 5.69. The third kappa shape index (κ3) is 4.72. The van der Waals surface area contributed by atoms with Crippen molar-refractivity contribution in [3.63, 3.8) is 0 Å². The van der Waals surface area contributed by atoms with Gasteiger partial charge in [-0.3, -0.25) is 4.79 Å². The fourth-order valence-electron chi connectivity index (χ4n) is 0.553. The topological polar surface area (TPSA) is 87.0 Å². The van der Waals surface area contributed by atoms with Crippen LogP contribution in [-0.4, -0.2) is 41.3 Å². The molecule has 0 unspecified atom stereocenters. The second-order valence-electron chi connectivity index (χ2n) is 2.08. The minimum absolute atomic E-state index is 0.0758. The maximum atomic E-state index is 10.6. The summed E-state index contributed by atoms with van der Waals surface area (Å²) in [5.74, 6) is -1.12. The van der Waals surface area contributed by atoms with Gasteiger partial charge in [-0.25, -0.2) is 0 Å². The molecule has 0 radical (unpaired) electrons. The second-order valence-corrected chi connectivity index (χ2v) is 2.08. The lowest BCUT2D eigenvalue weighted by Gasteiger charge is -2.08. The first-order chi connectivity index (χ1) is 5.24. The normalized spacial score (nSPS) is 10.2. The van der Waals surface area contributed by atoms with Crippen LogP contribution in [-0.2, 0) is 9.53 Å². The maximum Gasteiger partial charge on any atom is 0.308 e. The molecule has 0 saturated heterocycles. The molecule has 0 aromatic heterocycles. The van der Waals surface area contributed by atoms with Crippen molar-refractivity contribution < 1.29 is 24.9 Å². The number of hydrogen-bond donors (Lipinski definition) is 3. The zero-order valence-electron chi connectivity index (χ0n) is 6.06. The van der Waals surface area contributed by atoms with E-state index in [1.165, 1.54) is 0 Å². The van der Waals surface area contributed by atoms with Gasteiger partial charge in [-0.05, 0) is 0 Å². The zero-order chi connectivity index (χ0) is 8.69. The van der Waals surface area contributed by atoms with Gasteiger partial charge in [-0.15, -0.1) is 0 Å². The summed E-state index contributed by atoms with van der Waals surface area (Å²) in [6, 6.07) is 0. The van der Waals surface area contributed by atoms with Crippen LogP contribution in [0.4, 0.5) is 0 Å². The van der Waals surface area contributed by atoms with Crippen molar-refractivity contribution in [1.82, 2.24) is 0 Å². The van der Waals surface area contributed by atoms with Gasteiger partial charge >= 0.3 is 5.97 Å². The Bertz CT molecular complexity index is 110. The molecule has 0 bridgehead atoms. The second kappa shape index (κ2) is 6.09. The monoisotopic (exact) mass is 164 g/mol. The number of aliphatic hydroxyl groups excluding tert-OH is 3. The molecular formula is C6H12O5. The Morgan fingerprint density at radius 2 is 1.82 bits per heavy atom. The first-order valence-electron chi connectivity index (χ1n) is 3.22. The Kier molecular flexibility index (Phi) is 5.73. The lowest BCUT2D eigenvalue weighted by Crippen LogP contribution is -2.18. The van der Waals surface area contributed by atoms with Gasteiger partial charge in [0, 0.05) is 19.1 Å². The van der Waals surface area contributed by atoms with Crippen molar-refractivity contribution in [2.24, 2.45) is 5.92 Å². The van der Waals surface area contributed by atoms with E-state index >= 15 is 0 Å². The van der Waals surface area contributed by atoms with Crippen LogP contribution >= 0.6 is 0 Å². The molecule has 3 N–H and O–H groups in total. The third-order valence-electron chi connectivity index (χ3n) is 1.20. The van der Waals surface area contributed by atoms with E-state index in [9.17, 15) is 4.79 Å². The van der Waals surface area contributed by atoms with Gasteiger partial charge in [0.1, 0.15) is 0 Å². The molecule has 0 amide bonds. The number of esters is 1. The number of hydrogen-bond acceptors (Lipinski definition) is 5. The van der Waals surface area contributed by atoms with Gasteiger partial charge in [0.2, 0.25) is 0 Å². The summed E-state index contributed by atoms with van der Waals surface area (Å²) in [6.07, 6.45) is -0.0758. The molecule has 0 saturated carbocycles. The van der Waals surface area contributed by atoms with Crippen molar-refractivity contribution >= 4 is 5.97 Å². The van der Waals surface area contributed by atoms with E-state index in [2.05, 4.69) is 4.74 Å². The van der Waals surface area contributed by atoms with Crippen molar-refractivity contribution in [3.8, 4) is 0 Å². The largest absolute Gasteiger partial charge is 0.439 e. The lowest BCUT2D eigenvalue weighted by molar-refractivity contribution is -0.153. The summed E-state index contributed by atoms with van der Waals surface area (Å²) in [7, 11) is 0. The SMILES string of the molecule is O=C(CC(CO)CO)OCO. The molecule has 0 aromatic carbocycles. The molecule has 66 valence electrons. The summed E-state index contributed by atoms with van der Waals surface area (Å²) in [6.45, 7) is -1.20. The van der Waals surface area contributed by atoms with Crippen LogP contribution in [0.3, 0.4) is 0 Å². The lowest BCUT2D eigenvalue weighted by atomic mass is 10.1. The Morgan fingerprint density at radius 1 is 1.27 bits per heavy atom. The standard InChI is InChI=1S/C6H12O5/c7-2-5(3-8)1-6(10)11-4-9/h5,7-9H,1-4H2. The fourth-order valence-corrected chi connectivity index (χ4v) is 0.553. The molecule has 0 aliphatic heterocycles.